The second-order valence-corrected chi connectivity index (χ2v) is 2.97. The van der Waals surface area contributed by atoms with Gasteiger partial charge in [-0.1, -0.05) is 6.92 Å². The first-order valence-electron chi connectivity index (χ1n) is 2.66. The highest BCUT2D eigenvalue weighted by Gasteiger charge is 2.06. The fourth-order valence-electron chi connectivity index (χ4n) is 0.404. The number of carbonyl (C=O) groups excluding carboxylic acids is 1. The number of hydrogen-bond acceptors (Lipinski definition) is 3. The molecule has 1 radical (unpaired) electrons. The highest BCUT2D eigenvalue weighted by atomic mass is 32.2. The van der Waals surface area contributed by atoms with E-state index in [9.17, 15) is 9.90 Å². The molecule has 3 nitrogen and oxygen atoms in total. The summed E-state index contributed by atoms with van der Waals surface area (Å²) in [6.45, 7) is 3.60. The summed E-state index contributed by atoms with van der Waals surface area (Å²) < 4.78 is 4.26. The van der Waals surface area contributed by atoms with Crippen molar-refractivity contribution in [1.29, 1.82) is 0 Å². The molecular weight excluding hydrogens is 140 g/mol. The zero-order chi connectivity index (χ0) is 7.28. The van der Waals surface area contributed by atoms with Gasteiger partial charge in [-0.3, -0.25) is 0 Å². The predicted molar refractivity (Wildman–Crippen MR) is 34.8 cm³/mol. The molecule has 0 amide bonds. The Labute approximate surface area is 58.4 Å². The molecule has 0 spiro atoms. The first-order chi connectivity index (χ1) is 4.16. The van der Waals surface area contributed by atoms with Crippen LogP contribution in [0.15, 0.2) is 0 Å². The van der Waals surface area contributed by atoms with Gasteiger partial charge >= 0.3 is 6.16 Å². The van der Waals surface area contributed by atoms with Crippen molar-refractivity contribution >= 4 is 17.9 Å². The first kappa shape index (κ1) is 8.62. The zero-order valence-electron chi connectivity index (χ0n) is 5.42. The number of carbonyl (C=O) groups is 1. The molecule has 53 valence electrons. The van der Waals surface area contributed by atoms with Gasteiger partial charge < -0.3 is 4.74 Å². The Hall–Kier alpha value is -0.380. The van der Waals surface area contributed by atoms with Crippen molar-refractivity contribution in [2.75, 3.05) is 5.75 Å². The molecule has 0 bridgehead atoms. The smallest absolute Gasteiger partial charge is 0.418 e. The lowest BCUT2D eigenvalue weighted by atomic mass is 10.8. The van der Waals surface area contributed by atoms with Crippen molar-refractivity contribution in [1.82, 2.24) is 0 Å². The van der Waals surface area contributed by atoms with Crippen LogP contribution < -0.4 is 0 Å². The van der Waals surface area contributed by atoms with E-state index >= 15 is 0 Å². The van der Waals surface area contributed by atoms with Gasteiger partial charge in [0.15, 0.2) is 0 Å². The molecule has 1 atom stereocenters. The minimum Gasteiger partial charge on any atom is -0.418 e. The van der Waals surface area contributed by atoms with Gasteiger partial charge in [0.25, 0.3) is 0 Å². The summed E-state index contributed by atoms with van der Waals surface area (Å²) in [5.41, 5.74) is -0.306. The summed E-state index contributed by atoms with van der Waals surface area (Å²) in [5.74, 6) is 0.842. The number of thioether (sulfide) groups is 1. The molecule has 0 saturated carbocycles. The van der Waals surface area contributed by atoms with Crippen LogP contribution in [0.4, 0.5) is 4.79 Å². The Bertz CT molecular complexity index is 94.2. The Morgan fingerprint density at radius 3 is 2.67 bits per heavy atom. The van der Waals surface area contributed by atoms with E-state index < -0.39 is 6.16 Å². The maximum absolute atomic E-state index is 9.74. The van der Waals surface area contributed by atoms with Crippen molar-refractivity contribution in [2.45, 2.75) is 19.3 Å². The molecule has 0 aromatic carbocycles. The molecule has 0 N–H and O–H groups in total. The maximum Gasteiger partial charge on any atom is 0.551 e. The molecule has 0 aliphatic carbocycles. The fourth-order valence-corrected chi connectivity index (χ4v) is 1.02. The van der Waals surface area contributed by atoms with E-state index in [0.29, 0.717) is 0 Å². The molecule has 0 saturated heterocycles. The number of hydrogen-bond donors (Lipinski definition) is 0. The summed E-state index contributed by atoms with van der Waals surface area (Å²) in [6.07, 6.45) is -1.46. The third-order valence-corrected chi connectivity index (χ3v) is 1.56. The van der Waals surface area contributed by atoms with E-state index in [1.165, 1.54) is 11.8 Å². The molecule has 0 aliphatic heterocycles. The highest BCUT2D eigenvalue weighted by molar-refractivity contribution is 7.99. The summed E-state index contributed by atoms with van der Waals surface area (Å²) in [6, 6.07) is 0. The summed E-state index contributed by atoms with van der Waals surface area (Å²) >= 11 is 1.42. The minimum atomic E-state index is -1.46. The SMILES string of the molecule is CCSC(C)OC([O])=O. The van der Waals surface area contributed by atoms with Crippen molar-refractivity contribution in [2.24, 2.45) is 0 Å². The second kappa shape index (κ2) is 4.49. The fraction of sp³-hybridized carbons (Fsp3) is 0.800. The van der Waals surface area contributed by atoms with E-state index in [0.717, 1.165) is 5.75 Å². The molecule has 9 heavy (non-hydrogen) atoms. The van der Waals surface area contributed by atoms with E-state index in [4.69, 9.17) is 0 Å². The Kier molecular flexibility index (Phi) is 4.30. The third kappa shape index (κ3) is 5.49. The van der Waals surface area contributed by atoms with Crippen molar-refractivity contribution in [3.63, 3.8) is 0 Å². The van der Waals surface area contributed by atoms with Crippen LogP contribution in [0.2, 0.25) is 0 Å². The Morgan fingerprint density at radius 1 is 1.78 bits per heavy atom. The second-order valence-electron chi connectivity index (χ2n) is 1.39. The Morgan fingerprint density at radius 2 is 2.33 bits per heavy atom. The molecule has 0 fully saturated rings. The van der Waals surface area contributed by atoms with Gasteiger partial charge in [0.2, 0.25) is 0 Å². The van der Waals surface area contributed by atoms with Crippen LogP contribution in [-0.4, -0.2) is 17.3 Å². The topological polar surface area (TPSA) is 46.2 Å². The molecule has 1 unspecified atom stereocenters. The van der Waals surface area contributed by atoms with Gasteiger partial charge in [-0.15, -0.1) is 11.8 Å². The van der Waals surface area contributed by atoms with Crippen molar-refractivity contribution in [3.05, 3.63) is 0 Å². The van der Waals surface area contributed by atoms with E-state index in [-0.39, 0.29) is 5.44 Å². The van der Waals surface area contributed by atoms with E-state index in [1.54, 1.807) is 6.92 Å². The quantitative estimate of drug-likeness (QED) is 0.452. The van der Waals surface area contributed by atoms with Gasteiger partial charge in [-0.2, -0.15) is 9.90 Å². The van der Waals surface area contributed by atoms with Gasteiger partial charge in [0.05, 0.1) is 0 Å². The summed E-state index contributed by atoms with van der Waals surface area (Å²) in [4.78, 5) is 9.74. The molecule has 0 aliphatic rings. The lowest BCUT2D eigenvalue weighted by Gasteiger charge is -2.05. The lowest BCUT2D eigenvalue weighted by Crippen LogP contribution is -2.07. The summed E-state index contributed by atoms with van der Waals surface area (Å²) in [7, 11) is 0. The van der Waals surface area contributed by atoms with Gasteiger partial charge in [-0.25, -0.2) is 0 Å². The lowest BCUT2D eigenvalue weighted by molar-refractivity contribution is 0.0636. The van der Waals surface area contributed by atoms with E-state index in [2.05, 4.69) is 4.74 Å². The highest BCUT2D eigenvalue weighted by Crippen LogP contribution is 2.10. The van der Waals surface area contributed by atoms with Crippen molar-refractivity contribution < 1.29 is 14.6 Å². The Balaban J connectivity index is 3.26. The predicted octanol–water partition coefficient (Wildman–Crippen LogP) is 1.65. The zero-order valence-corrected chi connectivity index (χ0v) is 6.23. The molecule has 0 aromatic heterocycles. The number of ether oxygens (including phenoxy) is 1. The molecule has 0 heterocycles. The molecule has 0 aromatic rings. The van der Waals surface area contributed by atoms with Crippen LogP contribution in [-0.2, 0) is 9.84 Å². The minimum absolute atomic E-state index is 0.306. The van der Waals surface area contributed by atoms with E-state index in [1.807, 2.05) is 6.92 Å². The third-order valence-electron chi connectivity index (χ3n) is 0.664. The monoisotopic (exact) mass is 149 g/mol. The average molecular weight is 149 g/mol. The van der Waals surface area contributed by atoms with Gasteiger partial charge in [0.1, 0.15) is 5.44 Å². The largest absolute Gasteiger partial charge is 0.551 e. The van der Waals surface area contributed by atoms with Gasteiger partial charge in [0, 0.05) is 0 Å². The number of rotatable bonds is 3. The summed E-state index contributed by atoms with van der Waals surface area (Å²) in [5, 5.41) is 9.74. The van der Waals surface area contributed by atoms with Gasteiger partial charge in [-0.05, 0) is 12.7 Å². The molecule has 4 heteroatoms. The van der Waals surface area contributed by atoms with Crippen LogP contribution in [0, 0.1) is 0 Å². The van der Waals surface area contributed by atoms with Crippen molar-refractivity contribution in [3.8, 4) is 0 Å². The standard InChI is InChI=1S/C5H9O3S/c1-3-9-4(2)8-5(6)7/h4H,3H2,1-2H3. The first-order valence-corrected chi connectivity index (χ1v) is 3.71. The maximum atomic E-state index is 9.74. The van der Waals surface area contributed by atoms with Crippen LogP contribution in [0.1, 0.15) is 13.8 Å². The van der Waals surface area contributed by atoms with Crippen LogP contribution in [0.5, 0.6) is 0 Å². The normalized spacial score (nSPS) is 12.7. The van der Waals surface area contributed by atoms with Crippen LogP contribution >= 0.6 is 11.8 Å². The average Bonchev–Trinajstić information content (AvgIpc) is 1.63. The van der Waals surface area contributed by atoms with Crippen LogP contribution in [0.3, 0.4) is 0 Å². The van der Waals surface area contributed by atoms with Crippen LogP contribution in [0.25, 0.3) is 0 Å². The molecular formula is C5H9O3S. The molecule has 0 rings (SSSR count).